The number of anilines is 1. The second kappa shape index (κ2) is 7.62. The van der Waals surface area contributed by atoms with Crippen LogP contribution in [0.5, 0.6) is 11.5 Å². The molecular weight excluding hydrogens is 256 g/mol. The molecule has 0 heterocycles. The van der Waals surface area contributed by atoms with Crippen molar-refractivity contribution in [3.05, 3.63) is 18.2 Å². The van der Waals surface area contributed by atoms with Gasteiger partial charge >= 0.3 is 0 Å². The Bertz CT molecular complexity index is 447. The quantitative estimate of drug-likeness (QED) is 0.804. The van der Waals surface area contributed by atoms with E-state index in [0.29, 0.717) is 17.4 Å². The summed E-state index contributed by atoms with van der Waals surface area (Å²) in [5.74, 6) is 1.73. The Kier molecular flexibility index (Phi) is 6.15. The number of benzene rings is 1. The Hall–Kier alpha value is -1.91. The van der Waals surface area contributed by atoms with Crippen molar-refractivity contribution >= 4 is 11.6 Å². The highest BCUT2D eigenvalue weighted by Crippen LogP contribution is 2.28. The Morgan fingerprint density at radius 2 is 1.90 bits per heavy atom. The normalized spacial score (nSPS) is 11.9. The standard InChI is InChI=1S/C15H24N2O3/c1-10(2)11(3)17-15(18)9-16-13-7-6-12(19-4)8-14(13)20-5/h6-8,10-11,16H,9H2,1-5H3,(H,17,18). The van der Waals surface area contributed by atoms with Gasteiger partial charge in [0.05, 0.1) is 26.5 Å². The van der Waals surface area contributed by atoms with Gasteiger partial charge in [0.1, 0.15) is 11.5 Å². The number of rotatable bonds is 7. The van der Waals surface area contributed by atoms with Crippen LogP contribution in [0.3, 0.4) is 0 Å². The number of methoxy groups -OCH3 is 2. The van der Waals surface area contributed by atoms with Crippen LogP contribution in [0.15, 0.2) is 18.2 Å². The zero-order valence-corrected chi connectivity index (χ0v) is 12.8. The first-order valence-electron chi connectivity index (χ1n) is 6.73. The van der Waals surface area contributed by atoms with Crippen LogP contribution >= 0.6 is 0 Å². The summed E-state index contributed by atoms with van der Waals surface area (Å²) in [7, 11) is 3.18. The summed E-state index contributed by atoms with van der Waals surface area (Å²) in [5, 5.41) is 6.01. The molecule has 20 heavy (non-hydrogen) atoms. The van der Waals surface area contributed by atoms with E-state index < -0.39 is 0 Å². The van der Waals surface area contributed by atoms with Crippen molar-refractivity contribution in [3.8, 4) is 11.5 Å². The van der Waals surface area contributed by atoms with Crippen LogP contribution in [0.2, 0.25) is 0 Å². The number of hydrogen-bond donors (Lipinski definition) is 2. The van der Waals surface area contributed by atoms with Crippen LogP contribution in [-0.2, 0) is 4.79 Å². The summed E-state index contributed by atoms with van der Waals surface area (Å²) >= 11 is 0. The number of carbonyl (C=O) groups is 1. The average Bonchev–Trinajstić information content (AvgIpc) is 2.44. The molecule has 5 nitrogen and oxygen atoms in total. The lowest BCUT2D eigenvalue weighted by Gasteiger charge is -2.18. The topological polar surface area (TPSA) is 59.6 Å². The maximum Gasteiger partial charge on any atom is 0.239 e. The maximum absolute atomic E-state index is 11.8. The molecule has 1 aromatic rings. The molecule has 0 saturated carbocycles. The molecule has 1 unspecified atom stereocenters. The van der Waals surface area contributed by atoms with Crippen molar-refractivity contribution in [1.29, 1.82) is 0 Å². The highest BCUT2D eigenvalue weighted by Gasteiger charge is 2.11. The van der Waals surface area contributed by atoms with E-state index in [1.165, 1.54) is 0 Å². The van der Waals surface area contributed by atoms with Crippen LogP contribution in [0, 0.1) is 5.92 Å². The Morgan fingerprint density at radius 3 is 2.45 bits per heavy atom. The molecule has 0 aliphatic carbocycles. The molecule has 0 saturated heterocycles. The molecule has 0 fully saturated rings. The number of ether oxygens (including phenoxy) is 2. The van der Waals surface area contributed by atoms with Gasteiger partial charge in [0.2, 0.25) is 5.91 Å². The first-order valence-corrected chi connectivity index (χ1v) is 6.73. The average molecular weight is 280 g/mol. The number of amides is 1. The third kappa shape index (κ3) is 4.64. The first kappa shape index (κ1) is 16.1. The Balaban J connectivity index is 2.59. The first-order chi connectivity index (χ1) is 9.47. The van der Waals surface area contributed by atoms with E-state index in [0.717, 1.165) is 5.69 Å². The third-order valence-electron chi connectivity index (χ3n) is 3.24. The lowest BCUT2D eigenvalue weighted by Crippen LogP contribution is -2.39. The number of carbonyl (C=O) groups excluding carboxylic acids is 1. The van der Waals surface area contributed by atoms with Crippen molar-refractivity contribution in [2.24, 2.45) is 5.92 Å². The lowest BCUT2D eigenvalue weighted by atomic mass is 10.1. The molecular formula is C15H24N2O3. The van der Waals surface area contributed by atoms with Gasteiger partial charge in [0, 0.05) is 12.1 Å². The predicted octanol–water partition coefficient (Wildman–Crippen LogP) is 2.28. The molecule has 0 aromatic heterocycles. The Morgan fingerprint density at radius 1 is 1.20 bits per heavy atom. The molecule has 1 aromatic carbocycles. The molecule has 1 rings (SSSR count). The van der Waals surface area contributed by atoms with Crippen LogP contribution in [-0.4, -0.2) is 32.7 Å². The van der Waals surface area contributed by atoms with Gasteiger partial charge in [-0.3, -0.25) is 4.79 Å². The van der Waals surface area contributed by atoms with Crippen LogP contribution < -0.4 is 20.1 Å². The monoisotopic (exact) mass is 280 g/mol. The van der Waals surface area contributed by atoms with Crippen molar-refractivity contribution in [1.82, 2.24) is 5.32 Å². The molecule has 0 radical (unpaired) electrons. The van der Waals surface area contributed by atoms with Gasteiger partial charge in [-0.15, -0.1) is 0 Å². The fraction of sp³-hybridized carbons (Fsp3) is 0.533. The van der Waals surface area contributed by atoms with Crippen LogP contribution in [0.25, 0.3) is 0 Å². The second-order valence-corrected chi connectivity index (χ2v) is 5.02. The summed E-state index contributed by atoms with van der Waals surface area (Å²) in [6, 6.07) is 5.58. The van der Waals surface area contributed by atoms with Gasteiger partial charge in [-0.25, -0.2) is 0 Å². The van der Waals surface area contributed by atoms with Crippen molar-refractivity contribution in [3.63, 3.8) is 0 Å². The summed E-state index contributed by atoms with van der Waals surface area (Å²) in [5.41, 5.74) is 0.764. The highest BCUT2D eigenvalue weighted by atomic mass is 16.5. The fourth-order valence-electron chi connectivity index (χ4n) is 1.59. The second-order valence-electron chi connectivity index (χ2n) is 5.02. The van der Waals surface area contributed by atoms with Crippen LogP contribution in [0.4, 0.5) is 5.69 Å². The third-order valence-corrected chi connectivity index (χ3v) is 3.24. The molecule has 1 amide bonds. The number of hydrogen-bond acceptors (Lipinski definition) is 4. The fourth-order valence-corrected chi connectivity index (χ4v) is 1.59. The van der Waals surface area contributed by atoms with Gasteiger partial charge in [-0.2, -0.15) is 0 Å². The zero-order valence-electron chi connectivity index (χ0n) is 12.8. The minimum Gasteiger partial charge on any atom is -0.497 e. The molecule has 5 heteroatoms. The minimum atomic E-state index is -0.0379. The van der Waals surface area contributed by atoms with Crippen LogP contribution in [0.1, 0.15) is 20.8 Å². The van der Waals surface area contributed by atoms with E-state index >= 15 is 0 Å². The molecule has 0 aliphatic heterocycles. The van der Waals surface area contributed by atoms with E-state index in [9.17, 15) is 4.79 Å². The number of nitrogens with one attached hydrogen (secondary N) is 2. The lowest BCUT2D eigenvalue weighted by molar-refractivity contribution is -0.120. The molecule has 1 atom stereocenters. The van der Waals surface area contributed by atoms with E-state index in [1.807, 2.05) is 19.1 Å². The van der Waals surface area contributed by atoms with Crippen molar-refractivity contribution in [2.45, 2.75) is 26.8 Å². The molecule has 0 spiro atoms. The molecule has 0 aliphatic rings. The summed E-state index contributed by atoms with van der Waals surface area (Å²) in [4.78, 5) is 11.8. The van der Waals surface area contributed by atoms with Gasteiger partial charge in [0.15, 0.2) is 0 Å². The largest absolute Gasteiger partial charge is 0.497 e. The summed E-state index contributed by atoms with van der Waals surface area (Å²) in [6.07, 6.45) is 0. The van der Waals surface area contributed by atoms with E-state index in [4.69, 9.17) is 9.47 Å². The SMILES string of the molecule is COc1ccc(NCC(=O)NC(C)C(C)C)c(OC)c1. The van der Waals surface area contributed by atoms with Gasteiger partial charge in [-0.05, 0) is 25.0 Å². The van der Waals surface area contributed by atoms with Gasteiger partial charge < -0.3 is 20.1 Å². The summed E-state index contributed by atoms with van der Waals surface area (Å²) in [6.45, 7) is 6.35. The van der Waals surface area contributed by atoms with E-state index in [2.05, 4.69) is 24.5 Å². The predicted molar refractivity (Wildman–Crippen MR) is 80.5 cm³/mol. The van der Waals surface area contributed by atoms with E-state index in [-0.39, 0.29) is 18.5 Å². The van der Waals surface area contributed by atoms with Crippen molar-refractivity contribution < 1.29 is 14.3 Å². The molecule has 112 valence electrons. The molecule has 0 bridgehead atoms. The van der Waals surface area contributed by atoms with E-state index in [1.54, 1.807) is 20.3 Å². The van der Waals surface area contributed by atoms with Gasteiger partial charge in [0.25, 0.3) is 0 Å². The Labute approximate surface area is 120 Å². The van der Waals surface area contributed by atoms with Gasteiger partial charge in [-0.1, -0.05) is 13.8 Å². The minimum absolute atomic E-state index is 0.0379. The highest BCUT2D eigenvalue weighted by molar-refractivity contribution is 5.81. The smallest absolute Gasteiger partial charge is 0.239 e. The zero-order chi connectivity index (χ0) is 15.1. The molecule has 2 N–H and O–H groups in total. The van der Waals surface area contributed by atoms with Crippen molar-refractivity contribution in [2.75, 3.05) is 26.1 Å². The summed E-state index contributed by atoms with van der Waals surface area (Å²) < 4.78 is 10.4. The maximum atomic E-state index is 11.8.